The van der Waals surface area contributed by atoms with Crippen LogP contribution in [0.15, 0.2) is 12.4 Å². The second-order valence-corrected chi connectivity index (χ2v) is 18.2. The van der Waals surface area contributed by atoms with Gasteiger partial charge in [0.05, 0.1) is 12.0 Å². The van der Waals surface area contributed by atoms with Gasteiger partial charge in [0.15, 0.2) is 0 Å². The maximum atomic E-state index is 3.79. The summed E-state index contributed by atoms with van der Waals surface area (Å²) in [6.07, 6.45) is 66.6. The Bertz CT molecular complexity index is 828. The van der Waals surface area contributed by atoms with Crippen molar-refractivity contribution in [3.05, 3.63) is 18.2 Å². The van der Waals surface area contributed by atoms with Crippen molar-refractivity contribution in [3.63, 3.8) is 0 Å². The van der Waals surface area contributed by atoms with E-state index in [-0.39, 0.29) is 0 Å². The molecule has 0 spiro atoms. The van der Waals surface area contributed by atoms with E-state index in [9.17, 15) is 0 Å². The summed E-state index contributed by atoms with van der Waals surface area (Å²) in [6, 6.07) is 0.615. The van der Waals surface area contributed by atoms with Crippen LogP contribution in [0.2, 0.25) is 0 Å². The zero-order valence-corrected chi connectivity index (χ0v) is 38.2. The molecule has 1 aromatic heterocycles. The van der Waals surface area contributed by atoms with Crippen LogP contribution < -0.4 is 4.57 Å². The standard InChI is InChI=1S/C52H102N2/c1-5-8-11-14-17-20-23-25-26-27-28-30-32-35-38-41-44-47-51(46-43-40-37-34-22-19-16-13-10-7-3)52-53-48-49-54(52)50(4)45-42-39-36-33-31-29-24-21-18-15-12-9-6-2/h48-51H,5-47H2,1-4H3/p+1. The molecular formula is C52H103N2+. The number of aromatic amines is 1. The molecule has 1 N–H and O–H groups in total. The summed E-state index contributed by atoms with van der Waals surface area (Å²) in [5.74, 6) is 2.25. The first-order valence-corrected chi connectivity index (χ1v) is 25.8. The van der Waals surface area contributed by atoms with Gasteiger partial charge in [-0.25, -0.2) is 9.55 Å². The van der Waals surface area contributed by atoms with Crippen LogP contribution >= 0.6 is 0 Å². The molecule has 1 aromatic rings. The second-order valence-electron chi connectivity index (χ2n) is 18.2. The molecule has 1 rings (SSSR count). The van der Waals surface area contributed by atoms with Crippen LogP contribution in [0.5, 0.6) is 0 Å². The molecule has 0 fully saturated rings. The summed E-state index contributed by atoms with van der Waals surface area (Å²) in [5, 5.41) is 0. The van der Waals surface area contributed by atoms with Crippen molar-refractivity contribution in [1.82, 2.24) is 4.98 Å². The van der Waals surface area contributed by atoms with E-state index in [0.717, 1.165) is 0 Å². The number of aromatic nitrogens is 2. The Morgan fingerprint density at radius 1 is 0.352 bits per heavy atom. The van der Waals surface area contributed by atoms with Gasteiger partial charge in [0.1, 0.15) is 12.4 Å². The Kier molecular flexibility index (Phi) is 39.7. The van der Waals surface area contributed by atoms with Crippen LogP contribution in [0, 0.1) is 0 Å². The Morgan fingerprint density at radius 3 is 0.870 bits per heavy atom. The van der Waals surface area contributed by atoms with Gasteiger partial charge in [0.25, 0.3) is 5.82 Å². The van der Waals surface area contributed by atoms with Gasteiger partial charge in [-0.05, 0) is 32.6 Å². The van der Waals surface area contributed by atoms with E-state index in [4.69, 9.17) is 0 Å². The molecule has 0 aliphatic rings. The molecule has 2 nitrogen and oxygen atoms in total. The second kappa shape index (κ2) is 41.8. The number of rotatable bonds is 45. The number of nitrogens with one attached hydrogen (secondary N) is 1. The van der Waals surface area contributed by atoms with Gasteiger partial charge in [-0.2, -0.15) is 0 Å². The van der Waals surface area contributed by atoms with Crippen molar-refractivity contribution >= 4 is 0 Å². The maximum Gasteiger partial charge on any atom is 0.257 e. The fourth-order valence-corrected chi connectivity index (χ4v) is 9.08. The quantitative estimate of drug-likeness (QED) is 0.0505. The summed E-state index contributed by atoms with van der Waals surface area (Å²) < 4.78 is 2.66. The number of nitrogens with zero attached hydrogens (tertiary/aromatic N) is 1. The lowest BCUT2D eigenvalue weighted by Crippen LogP contribution is -2.41. The topological polar surface area (TPSA) is 19.7 Å². The van der Waals surface area contributed by atoms with Crippen molar-refractivity contribution in [2.75, 3.05) is 0 Å². The molecular weight excluding hydrogens is 653 g/mol. The molecule has 0 aliphatic heterocycles. The van der Waals surface area contributed by atoms with Gasteiger partial charge in [0.2, 0.25) is 0 Å². The van der Waals surface area contributed by atoms with Crippen molar-refractivity contribution in [1.29, 1.82) is 0 Å². The lowest BCUT2D eigenvalue weighted by molar-refractivity contribution is -0.727. The molecule has 0 radical (unpaired) electrons. The summed E-state index contributed by atoms with van der Waals surface area (Å²) in [7, 11) is 0. The maximum absolute atomic E-state index is 3.79. The average molecular weight is 756 g/mol. The van der Waals surface area contributed by atoms with Crippen LogP contribution in [-0.4, -0.2) is 4.98 Å². The van der Waals surface area contributed by atoms with Gasteiger partial charge >= 0.3 is 0 Å². The lowest BCUT2D eigenvalue weighted by Gasteiger charge is -2.17. The lowest BCUT2D eigenvalue weighted by atomic mass is 9.92. The van der Waals surface area contributed by atoms with Crippen LogP contribution in [0.3, 0.4) is 0 Å². The summed E-state index contributed by atoms with van der Waals surface area (Å²) >= 11 is 0. The van der Waals surface area contributed by atoms with Crippen LogP contribution in [0.25, 0.3) is 0 Å². The largest absolute Gasteiger partial charge is 0.257 e. The van der Waals surface area contributed by atoms with Crippen molar-refractivity contribution in [2.45, 2.75) is 316 Å². The molecule has 320 valence electrons. The molecule has 0 saturated carbocycles. The summed E-state index contributed by atoms with van der Waals surface area (Å²) in [4.78, 5) is 3.79. The summed E-state index contributed by atoms with van der Waals surface area (Å²) in [6.45, 7) is 9.45. The van der Waals surface area contributed by atoms with Crippen molar-refractivity contribution < 1.29 is 4.57 Å². The Balaban J connectivity index is 2.32. The predicted octanol–water partition coefficient (Wildman–Crippen LogP) is 18.8. The highest BCUT2D eigenvalue weighted by molar-refractivity contribution is 4.90. The molecule has 0 aromatic carbocycles. The highest BCUT2D eigenvalue weighted by Gasteiger charge is 2.25. The Hall–Kier alpha value is -0.790. The van der Waals surface area contributed by atoms with E-state index in [2.05, 4.69) is 49.6 Å². The average Bonchev–Trinajstić information content (AvgIpc) is 3.68. The third-order valence-electron chi connectivity index (χ3n) is 12.9. The van der Waals surface area contributed by atoms with E-state index in [0.29, 0.717) is 12.0 Å². The van der Waals surface area contributed by atoms with Crippen LogP contribution in [0.1, 0.15) is 322 Å². The molecule has 1 heterocycles. The normalized spacial score (nSPS) is 12.9. The first kappa shape index (κ1) is 51.2. The van der Waals surface area contributed by atoms with Crippen LogP contribution in [0.4, 0.5) is 0 Å². The van der Waals surface area contributed by atoms with E-state index < -0.39 is 0 Å². The minimum Gasteiger partial charge on any atom is -0.247 e. The molecule has 0 aliphatic carbocycles. The molecule has 0 bridgehead atoms. The molecule has 2 heteroatoms. The number of unbranched alkanes of at least 4 members (excludes halogenated alkanes) is 37. The minimum absolute atomic E-state index is 0.615. The zero-order valence-electron chi connectivity index (χ0n) is 38.2. The predicted molar refractivity (Wildman–Crippen MR) is 244 cm³/mol. The molecule has 0 amide bonds. The van der Waals surface area contributed by atoms with Gasteiger partial charge in [-0.3, -0.25) is 0 Å². The molecule has 2 atom stereocenters. The van der Waals surface area contributed by atoms with Gasteiger partial charge in [-0.1, -0.05) is 271 Å². The number of hydrogen-bond acceptors (Lipinski definition) is 0. The first-order valence-electron chi connectivity index (χ1n) is 25.8. The van der Waals surface area contributed by atoms with Crippen molar-refractivity contribution in [2.24, 2.45) is 0 Å². The zero-order chi connectivity index (χ0) is 38.8. The van der Waals surface area contributed by atoms with E-state index in [1.165, 1.54) is 276 Å². The van der Waals surface area contributed by atoms with Gasteiger partial charge in [-0.15, -0.1) is 0 Å². The Morgan fingerprint density at radius 2 is 0.593 bits per heavy atom. The van der Waals surface area contributed by atoms with Crippen LogP contribution in [-0.2, 0) is 0 Å². The third-order valence-corrected chi connectivity index (χ3v) is 12.9. The number of hydrogen-bond donors (Lipinski definition) is 1. The fourth-order valence-electron chi connectivity index (χ4n) is 9.08. The number of imidazole rings is 1. The monoisotopic (exact) mass is 756 g/mol. The molecule has 54 heavy (non-hydrogen) atoms. The first-order chi connectivity index (χ1) is 26.7. The highest BCUT2D eigenvalue weighted by atomic mass is 15.1. The smallest absolute Gasteiger partial charge is 0.247 e. The molecule has 2 unspecified atom stereocenters. The van der Waals surface area contributed by atoms with E-state index >= 15 is 0 Å². The summed E-state index contributed by atoms with van der Waals surface area (Å²) in [5.41, 5.74) is 0. The molecule has 0 saturated heterocycles. The van der Waals surface area contributed by atoms with E-state index in [1.807, 2.05) is 0 Å². The SMILES string of the molecule is CCCCCCCCCCCCCCCCCCCC(CCCCCCCCCCCC)c1[nH]cc[n+]1C(C)CCCCCCCCCCCCCCC. The van der Waals surface area contributed by atoms with Crippen molar-refractivity contribution in [3.8, 4) is 0 Å². The fraction of sp³-hybridized carbons (Fsp3) is 0.942. The van der Waals surface area contributed by atoms with Gasteiger partial charge < -0.3 is 0 Å². The highest BCUT2D eigenvalue weighted by Crippen LogP contribution is 2.28. The number of H-pyrrole nitrogens is 1. The Labute approximate surface area is 342 Å². The van der Waals surface area contributed by atoms with Gasteiger partial charge in [0, 0.05) is 0 Å². The minimum atomic E-state index is 0.615. The third kappa shape index (κ3) is 32.3. The van der Waals surface area contributed by atoms with E-state index in [1.54, 1.807) is 5.82 Å².